The predicted molar refractivity (Wildman–Crippen MR) is 78.2 cm³/mol. The fourth-order valence-electron chi connectivity index (χ4n) is 2.79. The highest BCUT2D eigenvalue weighted by Crippen LogP contribution is 2.33. The van der Waals surface area contributed by atoms with E-state index in [1.165, 1.54) is 0 Å². The molecule has 2 heterocycles. The van der Waals surface area contributed by atoms with Gasteiger partial charge in [0.05, 0.1) is 23.0 Å². The zero-order valence-electron chi connectivity index (χ0n) is 11.1. The standard InChI is InChI=1S/C15H19N3O/c1-10-9-18(8-6-14(10)19)13-5-4-12-11(15(13)16)3-2-7-17-12/h2-5,7,10,14,19H,6,8-9,16H2,1H3. The molecule has 0 amide bonds. The van der Waals surface area contributed by atoms with Gasteiger partial charge in [-0.3, -0.25) is 4.98 Å². The number of rotatable bonds is 1. The molecule has 1 aromatic heterocycles. The third-order valence-electron chi connectivity index (χ3n) is 4.00. The third kappa shape index (κ3) is 2.12. The largest absolute Gasteiger partial charge is 0.396 e. The number of aromatic nitrogens is 1. The number of pyridine rings is 1. The van der Waals surface area contributed by atoms with Crippen molar-refractivity contribution >= 4 is 22.3 Å². The van der Waals surface area contributed by atoms with Crippen molar-refractivity contribution in [1.29, 1.82) is 0 Å². The monoisotopic (exact) mass is 257 g/mol. The van der Waals surface area contributed by atoms with Crippen LogP contribution in [0.3, 0.4) is 0 Å². The molecule has 1 aliphatic heterocycles. The maximum atomic E-state index is 9.82. The number of nitrogens with zero attached hydrogens (tertiary/aromatic N) is 2. The van der Waals surface area contributed by atoms with Crippen LogP contribution < -0.4 is 10.6 Å². The van der Waals surface area contributed by atoms with E-state index in [1.807, 2.05) is 24.3 Å². The quantitative estimate of drug-likeness (QED) is 0.767. The number of aliphatic hydroxyl groups is 1. The fourth-order valence-corrected chi connectivity index (χ4v) is 2.79. The van der Waals surface area contributed by atoms with Gasteiger partial charge in [-0.05, 0) is 36.6 Å². The summed E-state index contributed by atoms with van der Waals surface area (Å²) in [5.41, 5.74) is 9.05. The zero-order valence-corrected chi connectivity index (χ0v) is 11.1. The lowest BCUT2D eigenvalue weighted by Gasteiger charge is -2.36. The molecule has 2 unspecified atom stereocenters. The van der Waals surface area contributed by atoms with E-state index in [0.29, 0.717) is 0 Å². The van der Waals surface area contributed by atoms with Gasteiger partial charge in [0.15, 0.2) is 0 Å². The van der Waals surface area contributed by atoms with Gasteiger partial charge in [-0.25, -0.2) is 0 Å². The molecule has 0 bridgehead atoms. The Bertz CT molecular complexity index is 599. The molecule has 0 spiro atoms. The first-order valence-corrected chi connectivity index (χ1v) is 6.73. The molecule has 19 heavy (non-hydrogen) atoms. The molecule has 0 radical (unpaired) electrons. The van der Waals surface area contributed by atoms with Crippen LogP contribution in [0.4, 0.5) is 11.4 Å². The van der Waals surface area contributed by atoms with Crippen molar-refractivity contribution in [1.82, 2.24) is 4.98 Å². The van der Waals surface area contributed by atoms with Crippen molar-refractivity contribution < 1.29 is 5.11 Å². The molecule has 0 saturated carbocycles. The molecule has 2 atom stereocenters. The Hall–Kier alpha value is -1.81. The summed E-state index contributed by atoms with van der Waals surface area (Å²) < 4.78 is 0. The molecule has 3 rings (SSSR count). The first-order chi connectivity index (χ1) is 9.16. The molecule has 0 aliphatic carbocycles. The van der Waals surface area contributed by atoms with E-state index >= 15 is 0 Å². The van der Waals surface area contributed by atoms with Crippen LogP contribution in [0.2, 0.25) is 0 Å². The third-order valence-corrected chi connectivity index (χ3v) is 4.00. The Labute approximate surface area is 112 Å². The van der Waals surface area contributed by atoms with E-state index < -0.39 is 0 Å². The van der Waals surface area contributed by atoms with Gasteiger partial charge in [0.25, 0.3) is 0 Å². The highest BCUT2D eigenvalue weighted by atomic mass is 16.3. The maximum Gasteiger partial charge on any atom is 0.0724 e. The average Bonchev–Trinajstić information content (AvgIpc) is 2.43. The van der Waals surface area contributed by atoms with Gasteiger partial charge in [-0.15, -0.1) is 0 Å². The summed E-state index contributed by atoms with van der Waals surface area (Å²) >= 11 is 0. The van der Waals surface area contributed by atoms with Crippen LogP contribution in [-0.4, -0.2) is 29.3 Å². The topological polar surface area (TPSA) is 62.4 Å². The SMILES string of the molecule is CC1CN(c2ccc3ncccc3c2N)CCC1O. The van der Waals surface area contributed by atoms with Gasteiger partial charge in [0.2, 0.25) is 0 Å². The molecular weight excluding hydrogens is 238 g/mol. The molecule has 1 aromatic carbocycles. The lowest BCUT2D eigenvalue weighted by Crippen LogP contribution is -2.42. The minimum atomic E-state index is -0.195. The smallest absolute Gasteiger partial charge is 0.0724 e. The van der Waals surface area contributed by atoms with Crippen molar-refractivity contribution in [3.8, 4) is 0 Å². The first-order valence-electron chi connectivity index (χ1n) is 6.73. The molecule has 3 N–H and O–H groups in total. The van der Waals surface area contributed by atoms with E-state index in [9.17, 15) is 5.11 Å². The lowest BCUT2D eigenvalue weighted by atomic mass is 9.96. The molecule has 4 nitrogen and oxygen atoms in total. The first kappa shape index (κ1) is 12.2. The molecule has 1 saturated heterocycles. The average molecular weight is 257 g/mol. The summed E-state index contributed by atoms with van der Waals surface area (Å²) in [5.74, 6) is 0.276. The Morgan fingerprint density at radius 3 is 3.00 bits per heavy atom. The van der Waals surface area contributed by atoms with Gasteiger partial charge in [0.1, 0.15) is 0 Å². The maximum absolute atomic E-state index is 9.82. The van der Waals surface area contributed by atoms with E-state index in [1.54, 1.807) is 6.20 Å². The number of aliphatic hydroxyl groups excluding tert-OH is 1. The van der Waals surface area contributed by atoms with Gasteiger partial charge in [0, 0.05) is 24.7 Å². The van der Waals surface area contributed by atoms with Crippen LogP contribution in [-0.2, 0) is 0 Å². The number of nitrogens with two attached hydrogens (primary N) is 1. The summed E-state index contributed by atoms with van der Waals surface area (Å²) in [7, 11) is 0. The number of nitrogen functional groups attached to an aromatic ring is 1. The number of fused-ring (bicyclic) bond motifs is 1. The molecule has 2 aromatic rings. The summed E-state index contributed by atoms with van der Waals surface area (Å²) in [6, 6.07) is 7.96. The van der Waals surface area contributed by atoms with E-state index in [-0.39, 0.29) is 12.0 Å². The molecule has 1 fully saturated rings. The minimum absolute atomic E-state index is 0.195. The molecular formula is C15H19N3O. The minimum Gasteiger partial charge on any atom is -0.396 e. The van der Waals surface area contributed by atoms with Gasteiger partial charge < -0.3 is 15.7 Å². The van der Waals surface area contributed by atoms with Crippen molar-refractivity contribution in [3.05, 3.63) is 30.5 Å². The molecule has 4 heteroatoms. The number of anilines is 2. The number of benzene rings is 1. The van der Waals surface area contributed by atoms with Gasteiger partial charge in [-0.1, -0.05) is 6.92 Å². The molecule has 1 aliphatic rings. The predicted octanol–water partition coefficient (Wildman–Crippen LogP) is 2.02. The van der Waals surface area contributed by atoms with Crippen LogP contribution in [0.25, 0.3) is 10.9 Å². The van der Waals surface area contributed by atoms with Gasteiger partial charge >= 0.3 is 0 Å². The highest BCUT2D eigenvalue weighted by Gasteiger charge is 2.25. The van der Waals surface area contributed by atoms with Crippen molar-refractivity contribution in [2.75, 3.05) is 23.7 Å². The van der Waals surface area contributed by atoms with E-state index in [2.05, 4.69) is 16.8 Å². The Morgan fingerprint density at radius 1 is 1.37 bits per heavy atom. The van der Waals surface area contributed by atoms with Crippen LogP contribution in [0.1, 0.15) is 13.3 Å². The number of hydrogen-bond acceptors (Lipinski definition) is 4. The van der Waals surface area contributed by atoms with Crippen LogP contribution in [0.15, 0.2) is 30.5 Å². The zero-order chi connectivity index (χ0) is 13.4. The fraction of sp³-hybridized carbons (Fsp3) is 0.400. The van der Waals surface area contributed by atoms with E-state index in [0.717, 1.165) is 41.8 Å². The van der Waals surface area contributed by atoms with E-state index in [4.69, 9.17) is 5.73 Å². The summed E-state index contributed by atoms with van der Waals surface area (Å²) in [6.45, 7) is 3.77. The Kier molecular flexibility index (Phi) is 3.03. The van der Waals surface area contributed by atoms with Crippen LogP contribution in [0, 0.1) is 5.92 Å². The second-order valence-corrected chi connectivity index (χ2v) is 5.35. The second-order valence-electron chi connectivity index (χ2n) is 5.35. The second kappa shape index (κ2) is 4.70. The number of hydrogen-bond donors (Lipinski definition) is 2. The Balaban J connectivity index is 1.99. The van der Waals surface area contributed by atoms with Crippen LogP contribution in [0.5, 0.6) is 0 Å². The van der Waals surface area contributed by atoms with Crippen molar-refractivity contribution in [2.45, 2.75) is 19.4 Å². The lowest BCUT2D eigenvalue weighted by molar-refractivity contribution is 0.0971. The Morgan fingerprint density at radius 2 is 2.21 bits per heavy atom. The summed E-state index contributed by atoms with van der Waals surface area (Å²) in [6.07, 6.45) is 2.38. The molecule has 100 valence electrons. The summed E-state index contributed by atoms with van der Waals surface area (Å²) in [4.78, 5) is 6.58. The van der Waals surface area contributed by atoms with Crippen molar-refractivity contribution in [3.63, 3.8) is 0 Å². The number of piperidine rings is 1. The van der Waals surface area contributed by atoms with Crippen LogP contribution >= 0.6 is 0 Å². The summed E-state index contributed by atoms with van der Waals surface area (Å²) in [5, 5.41) is 10.8. The highest BCUT2D eigenvalue weighted by molar-refractivity contribution is 5.97. The normalized spacial score (nSPS) is 23.8. The van der Waals surface area contributed by atoms with Gasteiger partial charge in [-0.2, -0.15) is 0 Å². The van der Waals surface area contributed by atoms with Crippen molar-refractivity contribution in [2.24, 2.45) is 5.92 Å².